The number of ether oxygens (including phenoxy) is 1. The summed E-state index contributed by atoms with van der Waals surface area (Å²) in [5.41, 5.74) is 2.29. The van der Waals surface area contributed by atoms with Gasteiger partial charge >= 0.3 is 0 Å². The smallest absolute Gasteiger partial charge is 0.270 e. The monoisotopic (exact) mass is 385 g/mol. The van der Waals surface area contributed by atoms with Crippen LogP contribution in [0, 0.1) is 0 Å². The van der Waals surface area contributed by atoms with Gasteiger partial charge in [0.15, 0.2) is 6.61 Å². The van der Waals surface area contributed by atoms with Crippen LogP contribution in [0.2, 0.25) is 0 Å². The standard InChI is InChI=1S/C20H23N3O3S/c1-20(2,3)12-4-7-16-15(8-12)23(18(24)10-26-16)9-17-22-14(11-27-17)19(25)21-13-5-6-13/h4,7-8,11,13H,5-6,9-10H2,1-3H3,(H,21,25). The lowest BCUT2D eigenvalue weighted by Gasteiger charge is -2.30. The molecule has 2 heterocycles. The summed E-state index contributed by atoms with van der Waals surface area (Å²) in [4.78, 5) is 30.8. The number of thiazole rings is 1. The fourth-order valence-corrected chi connectivity index (χ4v) is 3.71. The van der Waals surface area contributed by atoms with E-state index in [9.17, 15) is 9.59 Å². The number of aromatic nitrogens is 1. The van der Waals surface area contributed by atoms with Crippen LogP contribution < -0.4 is 15.0 Å². The maximum Gasteiger partial charge on any atom is 0.270 e. The van der Waals surface area contributed by atoms with Gasteiger partial charge in [0, 0.05) is 11.4 Å². The van der Waals surface area contributed by atoms with Crippen LogP contribution in [0.4, 0.5) is 5.69 Å². The second kappa shape index (κ2) is 6.64. The number of rotatable bonds is 4. The van der Waals surface area contributed by atoms with E-state index in [2.05, 4.69) is 31.1 Å². The first-order chi connectivity index (χ1) is 12.8. The minimum Gasteiger partial charge on any atom is -0.482 e. The van der Waals surface area contributed by atoms with Gasteiger partial charge in [0.05, 0.1) is 12.2 Å². The van der Waals surface area contributed by atoms with Crippen LogP contribution in [0.1, 0.15) is 54.7 Å². The van der Waals surface area contributed by atoms with E-state index in [1.807, 2.05) is 18.2 Å². The first-order valence-electron chi connectivity index (χ1n) is 9.14. The molecule has 1 saturated carbocycles. The summed E-state index contributed by atoms with van der Waals surface area (Å²) in [6, 6.07) is 6.27. The molecule has 0 unspecified atom stereocenters. The summed E-state index contributed by atoms with van der Waals surface area (Å²) in [6.07, 6.45) is 2.08. The maximum absolute atomic E-state index is 12.5. The number of nitrogens with one attached hydrogen (secondary N) is 1. The molecule has 0 radical (unpaired) electrons. The number of carbonyl (C=O) groups excluding carboxylic acids is 2. The van der Waals surface area contributed by atoms with E-state index >= 15 is 0 Å². The Labute approximate surface area is 162 Å². The van der Waals surface area contributed by atoms with E-state index in [0.717, 1.165) is 29.1 Å². The summed E-state index contributed by atoms with van der Waals surface area (Å²) in [5, 5.41) is 5.43. The molecule has 0 bridgehead atoms. The van der Waals surface area contributed by atoms with Crippen molar-refractivity contribution in [2.24, 2.45) is 0 Å². The molecule has 2 aromatic rings. The van der Waals surface area contributed by atoms with E-state index in [1.54, 1.807) is 10.3 Å². The molecule has 1 aromatic heterocycles. The second-order valence-corrected chi connectivity index (χ2v) is 9.02. The van der Waals surface area contributed by atoms with Gasteiger partial charge in [0.2, 0.25) is 0 Å². The van der Waals surface area contributed by atoms with Gasteiger partial charge in [-0.05, 0) is 36.0 Å². The number of hydrogen-bond donors (Lipinski definition) is 1. The molecule has 2 aliphatic rings. The lowest BCUT2D eigenvalue weighted by Crippen LogP contribution is -2.38. The molecular formula is C20H23N3O3S. The minimum atomic E-state index is -0.135. The Kier molecular flexibility index (Phi) is 4.42. The van der Waals surface area contributed by atoms with Crippen molar-refractivity contribution in [3.63, 3.8) is 0 Å². The Morgan fingerprint density at radius 3 is 2.85 bits per heavy atom. The predicted octanol–water partition coefficient (Wildman–Crippen LogP) is 3.26. The Morgan fingerprint density at radius 1 is 1.37 bits per heavy atom. The van der Waals surface area contributed by atoms with Crippen LogP contribution in [0.3, 0.4) is 0 Å². The van der Waals surface area contributed by atoms with Crippen molar-refractivity contribution >= 4 is 28.8 Å². The summed E-state index contributed by atoms with van der Waals surface area (Å²) < 4.78 is 5.59. The quantitative estimate of drug-likeness (QED) is 0.877. The van der Waals surface area contributed by atoms with Crippen molar-refractivity contribution in [2.75, 3.05) is 11.5 Å². The highest BCUT2D eigenvalue weighted by atomic mass is 32.1. The molecule has 1 N–H and O–H groups in total. The number of benzene rings is 1. The topological polar surface area (TPSA) is 71.5 Å². The van der Waals surface area contributed by atoms with Gasteiger partial charge in [-0.25, -0.2) is 4.98 Å². The van der Waals surface area contributed by atoms with Crippen LogP contribution in [-0.4, -0.2) is 29.4 Å². The molecule has 7 heteroatoms. The van der Waals surface area contributed by atoms with Crippen LogP contribution in [-0.2, 0) is 16.8 Å². The number of anilines is 1. The van der Waals surface area contributed by atoms with Crippen LogP contribution in [0.15, 0.2) is 23.6 Å². The van der Waals surface area contributed by atoms with Crippen molar-refractivity contribution in [2.45, 2.75) is 51.6 Å². The van der Waals surface area contributed by atoms with E-state index < -0.39 is 0 Å². The van der Waals surface area contributed by atoms with Crippen molar-refractivity contribution in [1.82, 2.24) is 10.3 Å². The molecule has 142 valence electrons. The zero-order valence-electron chi connectivity index (χ0n) is 15.7. The maximum atomic E-state index is 12.5. The fourth-order valence-electron chi connectivity index (χ4n) is 2.95. The van der Waals surface area contributed by atoms with Crippen molar-refractivity contribution in [3.05, 3.63) is 39.8 Å². The van der Waals surface area contributed by atoms with Crippen molar-refractivity contribution < 1.29 is 14.3 Å². The van der Waals surface area contributed by atoms with Gasteiger partial charge < -0.3 is 10.1 Å². The Bertz CT molecular complexity index is 896. The lowest BCUT2D eigenvalue weighted by atomic mass is 9.86. The first kappa shape index (κ1) is 18.0. The molecule has 0 atom stereocenters. The molecule has 6 nitrogen and oxygen atoms in total. The van der Waals surface area contributed by atoms with Gasteiger partial charge in [-0.1, -0.05) is 26.8 Å². The third-order valence-electron chi connectivity index (χ3n) is 4.76. The number of fused-ring (bicyclic) bond motifs is 1. The zero-order chi connectivity index (χ0) is 19.2. The van der Waals surface area contributed by atoms with E-state index in [0.29, 0.717) is 24.0 Å². The number of hydrogen-bond acceptors (Lipinski definition) is 5. The third kappa shape index (κ3) is 3.83. The summed E-state index contributed by atoms with van der Waals surface area (Å²) >= 11 is 1.40. The second-order valence-electron chi connectivity index (χ2n) is 8.08. The highest BCUT2D eigenvalue weighted by Gasteiger charge is 2.29. The van der Waals surface area contributed by atoms with Crippen LogP contribution in [0.5, 0.6) is 5.75 Å². The van der Waals surface area contributed by atoms with Gasteiger partial charge in [0.25, 0.3) is 11.8 Å². The van der Waals surface area contributed by atoms with Gasteiger partial charge in [-0.2, -0.15) is 0 Å². The molecule has 1 aliphatic carbocycles. The average molecular weight is 385 g/mol. The molecule has 1 aliphatic heterocycles. The highest BCUT2D eigenvalue weighted by Crippen LogP contribution is 2.37. The summed E-state index contributed by atoms with van der Waals surface area (Å²) in [7, 11) is 0. The Balaban J connectivity index is 1.58. The molecule has 27 heavy (non-hydrogen) atoms. The lowest BCUT2D eigenvalue weighted by molar-refractivity contribution is -0.121. The molecule has 0 saturated heterocycles. The molecule has 1 aromatic carbocycles. The summed E-state index contributed by atoms with van der Waals surface area (Å²) in [5.74, 6) is 0.460. The Morgan fingerprint density at radius 2 is 2.15 bits per heavy atom. The van der Waals surface area contributed by atoms with E-state index in [4.69, 9.17) is 4.74 Å². The highest BCUT2D eigenvalue weighted by molar-refractivity contribution is 7.09. The van der Waals surface area contributed by atoms with Gasteiger partial charge in [-0.3, -0.25) is 14.5 Å². The van der Waals surface area contributed by atoms with E-state index in [-0.39, 0.29) is 23.8 Å². The molecule has 4 rings (SSSR count). The Hall–Kier alpha value is -2.41. The zero-order valence-corrected chi connectivity index (χ0v) is 16.6. The average Bonchev–Trinajstić information content (AvgIpc) is 3.30. The minimum absolute atomic E-state index is 0.0161. The summed E-state index contributed by atoms with van der Waals surface area (Å²) in [6.45, 7) is 6.76. The van der Waals surface area contributed by atoms with Gasteiger partial charge in [-0.15, -0.1) is 11.3 Å². The molecule has 2 amide bonds. The van der Waals surface area contributed by atoms with Gasteiger partial charge in [0.1, 0.15) is 16.5 Å². The van der Waals surface area contributed by atoms with E-state index in [1.165, 1.54) is 11.3 Å². The number of amides is 2. The normalized spacial score (nSPS) is 16.7. The van der Waals surface area contributed by atoms with Crippen LogP contribution in [0.25, 0.3) is 0 Å². The van der Waals surface area contributed by atoms with Crippen molar-refractivity contribution in [1.29, 1.82) is 0 Å². The SMILES string of the molecule is CC(C)(C)c1ccc2c(c1)N(Cc1nc(C(=O)NC3CC3)cs1)C(=O)CO2. The molecular weight excluding hydrogens is 362 g/mol. The van der Waals surface area contributed by atoms with Crippen molar-refractivity contribution in [3.8, 4) is 5.75 Å². The predicted molar refractivity (Wildman–Crippen MR) is 104 cm³/mol. The third-order valence-corrected chi connectivity index (χ3v) is 5.59. The number of nitrogens with zero attached hydrogens (tertiary/aromatic N) is 2. The molecule has 0 spiro atoms. The number of carbonyl (C=O) groups is 2. The van der Waals surface area contributed by atoms with Crippen LogP contribution >= 0.6 is 11.3 Å². The largest absolute Gasteiger partial charge is 0.482 e. The molecule has 1 fully saturated rings. The first-order valence-corrected chi connectivity index (χ1v) is 10.0. The fraction of sp³-hybridized carbons (Fsp3) is 0.450.